The van der Waals surface area contributed by atoms with Crippen LogP contribution in [0, 0.1) is 5.92 Å². The number of β-amino-alcohol motifs (C(OH)–C–C–N with tert-alkyl or cyclic N) is 1. The van der Waals surface area contributed by atoms with E-state index in [-0.39, 0.29) is 0 Å². The van der Waals surface area contributed by atoms with Gasteiger partial charge < -0.3 is 10.0 Å². The molecule has 162 valence electrons. The van der Waals surface area contributed by atoms with Gasteiger partial charge in [-0.05, 0) is 73.9 Å². The second-order valence-electron chi connectivity index (χ2n) is 8.78. The number of likely N-dealkylation sites (tertiary alicyclic amines) is 1. The van der Waals surface area contributed by atoms with E-state index >= 15 is 0 Å². The van der Waals surface area contributed by atoms with E-state index in [1.54, 1.807) is 0 Å². The topological polar surface area (TPSA) is 60.9 Å². The molecule has 0 saturated carbocycles. The number of benzene rings is 2. The number of aliphatic hydroxyl groups is 1. The minimum atomic E-state index is -3.26. The van der Waals surface area contributed by atoms with Crippen LogP contribution in [0.4, 0.5) is 5.69 Å². The van der Waals surface area contributed by atoms with Gasteiger partial charge in [-0.15, -0.1) is 0 Å². The molecule has 2 aromatic rings. The molecule has 4 rings (SSSR count). The summed E-state index contributed by atoms with van der Waals surface area (Å²) in [4.78, 5) is 2.36. The predicted molar refractivity (Wildman–Crippen MR) is 121 cm³/mol. The van der Waals surface area contributed by atoms with Crippen molar-refractivity contribution in [2.24, 2.45) is 5.92 Å². The molecule has 5 nitrogen and oxygen atoms in total. The number of rotatable bonds is 6. The van der Waals surface area contributed by atoms with Gasteiger partial charge in [0, 0.05) is 13.1 Å². The Kier molecular flexibility index (Phi) is 6.46. The van der Waals surface area contributed by atoms with Crippen molar-refractivity contribution >= 4 is 15.7 Å². The molecule has 30 heavy (non-hydrogen) atoms. The van der Waals surface area contributed by atoms with Crippen LogP contribution in [-0.4, -0.2) is 50.9 Å². The Balaban J connectivity index is 1.34. The van der Waals surface area contributed by atoms with Gasteiger partial charge >= 0.3 is 0 Å². The van der Waals surface area contributed by atoms with E-state index in [1.807, 2.05) is 18.2 Å². The highest BCUT2D eigenvalue weighted by atomic mass is 32.2. The Labute approximate surface area is 180 Å². The molecular weight excluding hydrogens is 396 g/mol. The number of aliphatic hydroxyl groups excluding tert-OH is 1. The maximum atomic E-state index is 12.0. The fraction of sp³-hybridized carbons (Fsp3) is 0.500. The molecule has 0 aromatic heterocycles. The highest BCUT2D eigenvalue weighted by Crippen LogP contribution is 2.32. The summed E-state index contributed by atoms with van der Waals surface area (Å²) in [7, 11) is -3.26. The van der Waals surface area contributed by atoms with Crippen LogP contribution in [0.2, 0.25) is 0 Å². The highest BCUT2D eigenvalue weighted by molar-refractivity contribution is 7.92. The van der Waals surface area contributed by atoms with Crippen molar-refractivity contribution in [3.05, 3.63) is 65.2 Å². The molecule has 2 aliphatic heterocycles. The molecule has 0 bridgehead atoms. The number of fused-ring (bicyclic) bond motifs is 1. The zero-order valence-corrected chi connectivity index (χ0v) is 18.5. The standard InChI is InChI=1S/C24H32N2O3S/c1-30(28,29)26-13-5-8-21-17-22(9-10-23(21)26)24(27)18-25-14-11-20(12-15-25)16-19-6-3-2-4-7-19/h2-4,6-7,9-10,17,20,24,27H,5,8,11-16,18H2,1H3/t24-/m0/s1. The number of hydrogen-bond acceptors (Lipinski definition) is 4. The van der Waals surface area contributed by atoms with Crippen molar-refractivity contribution in [2.75, 3.05) is 36.7 Å². The van der Waals surface area contributed by atoms with Crippen LogP contribution < -0.4 is 4.31 Å². The number of piperidine rings is 1. The SMILES string of the molecule is CS(=O)(=O)N1CCCc2cc([C@@H](O)CN3CCC(Cc4ccccc4)CC3)ccc21. The van der Waals surface area contributed by atoms with Crippen molar-refractivity contribution in [3.63, 3.8) is 0 Å². The van der Waals surface area contributed by atoms with Gasteiger partial charge in [0.25, 0.3) is 0 Å². The second kappa shape index (κ2) is 9.08. The molecule has 0 radical (unpaired) electrons. The van der Waals surface area contributed by atoms with Gasteiger partial charge in [0.15, 0.2) is 0 Å². The molecular formula is C24H32N2O3S. The molecule has 2 aromatic carbocycles. The van der Waals surface area contributed by atoms with Gasteiger partial charge in [-0.2, -0.15) is 0 Å². The van der Waals surface area contributed by atoms with Crippen LogP contribution in [0.3, 0.4) is 0 Å². The summed E-state index contributed by atoms with van der Waals surface area (Å²) >= 11 is 0. The maximum Gasteiger partial charge on any atom is 0.232 e. The molecule has 2 heterocycles. The minimum Gasteiger partial charge on any atom is -0.387 e. The number of hydrogen-bond donors (Lipinski definition) is 1. The summed E-state index contributed by atoms with van der Waals surface area (Å²) in [6.07, 6.45) is 5.84. The lowest BCUT2D eigenvalue weighted by atomic mass is 9.90. The molecule has 0 unspecified atom stereocenters. The fourth-order valence-corrected chi connectivity index (χ4v) is 5.80. The molecule has 1 atom stereocenters. The third-order valence-corrected chi connectivity index (χ3v) is 7.65. The average molecular weight is 429 g/mol. The first kappa shape index (κ1) is 21.3. The Morgan fingerprint density at radius 3 is 2.50 bits per heavy atom. The lowest BCUT2D eigenvalue weighted by molar-refractivity contribution is 0.0892. The van der Waals surface area contributed by atoms with Crippen LogP contribution in [0.1, 0.15) is 42.1 Å². The van der Waals surface area contributed by atoms with Gasteiger partial charge in [0.2, 0.25) is 10.0 Å². The summed E-state index contributed by atoms with van der Waals surface area (Å²) in [5, 5.41) is 10.8. The van der Waals surface area contributed by atoms with Crippen LogP contribution in [0.25, 0.3) is 0 Å². The Hall–Kier alpha value is -1.89. The molecule has 2 aliphatic rings. The predicted octanol–water partition coefficient (Wildman–Crippen LogP) is 3.39. The van der Waals surface area contributed by atoms with Crippen molar-refractivity contribution in [3.8, 4) is 0 Å². The molecule has 0 spiro atoms. The fourth-order valence-electron chi connectivity index (χ4n) is 4.80. The van der Waals surface area contributed by atoms with Gasteiger partial charge in [-0.1, -0.05) is 42.5 Å². The van der Waals surface area contributed by atoms with Crippen LogP contribution in [0.5, 0.6) is 0 Å². The number of anilines is 1. The molecule has 0 amide bonds. The van der Waals surface area contributed by atoms with Gasteiger partial charge in [0.05, 0.1) is 18.0 Å². The zero-order chi connectivity index (χ0) is 21.1. The summed E-state index contributed by atoms with van der Waals surface area (Å²) in [6.45, 7) is 3.20. The quantitative estimate of drug-likeness (QED) is 0.766. The van der Waals surface area contributed by atoms with Crippen molar-refractivity contribution in [2.45, 2.75) is 38.2 Å². The van der Waals surface area contributed by atoms with E-state index in [1.165, 1.54) is 16.1 Å². The molecule has 1 N–H and O–H groups in total. The average Bonchev–Trinajstić information content (AvgIpc) is 2.74. The summed E-state index contributed by atoms with van der Waals surface area (Å²) in [6, 6.07) is 16.4. The normalized spacial score (nSPS) is 19.5. The molecule has 1 saturated heterocycles. The van der Waals surface area contributed by atoms with Gasteiger partial charge in [0.1, 0.15) is 0 Å². The summed E-state index contributed by atoms with van der Waals surface area (Å²) < 4.78 is 25.6. The van der Waals surface area contributed by atoms with Crippen molar-refractivity contribution in [1.82, 2.24) is 4.90 Å². The third-order valence-electron chi connectivity index (χ3n) is 6.47. The molecule has 0 aliphatic carbocycles. The highest BCUT2D eigenvalue weighted by Gasteiger charge is 2.26. The first-order valence-electron chi connectivity index (χ1n) is 10.9. The zero-order valence-electron chi connectivity index (χ0n) is 17.7. The van der Waals surface area contributed by atoms with E-state index in [2.05, 4.69) is 35.2 Å². The minimum absolute atomic E-state index is 0.533. The Bertz CT molecular complexity index is 954. The van der Waals surface area contributed by atoms with E-state index in [4.69, 9.17) is 0 Å². The van der Waals surface area contributed by atoms with E-state index < -0.39 is 16.1 Å². The summed E-state index contributed by atoms with van der Waals surface area (Å²) in [5.74, 6) is 0.714. The summed E-state index contributed by atoms with van der Waals surface area (Å²) in [5.41, 5.74) is 4.08. The monoisotopic (exact) mass is 428 g/mol. The molecule has 1 fully saturated rings. The van der Waals surface area contributed by atoms with E-state index in [9.17, 15) is 13.5 Å². The first-order valence-corrected chi connectivity index (χ1v) is 12.8. The Morgan fingerprint density at radius 1 is 1.07 bits per heavy atom. The van der Waals surface area contributed by atoms with E-state index in [0.29, 0.717) is 19.0 Å². The number of sulfonamides is 1. The smallest absolute Gasteiger partial charge is 0.232 e. The third kappa shape index (κ3) is 5.05. The second-order valence-corrected chi connectivity index (χ2v) is 10.7. The maximum absolute atomic E-state index is 12.0. The van der Waals surface area contributed by atoms with Gasteiger partial charge in [-0.25, -0.2) is 8.42 Å². The Morgan fingerprint density at radius 2 is 1.80 bits per heavy atom. The molecule has 6 heteroatoms. The van der Waals surface area contributed by atoms with Crippen molar-refractivity contribution in [1.29, 1.82) is 0 Å². The lowest BCUT2D eigenvalue weighted by Gasteiger charge is -2.34. The van der Waals surface area contributed by atoms with Crippen LogP contribution in [-0.2, 0) is 22.9 Å². The first-order chi connectivity index (χ1) is 14.4. The van der Waals surface area contributed by atoms with Crippen LogP contribution >= 0.6 is 0 Å². The van der Waals surface area contributed by atoms with Gasteiger partial charge in [-0.3, -0.25) is 4.31 Å². The van der Waals surface area contributed by atoms with Crippen molar-refractivity contribution < 1.29 is 13.5 Å². The van der Waals surface area contributed by atoms with Crippen LogP contribution in [0.15, 0.2) is 48.5 Å². The number of aryl methyl sites for hydroxylation is 1. The lowest BCUT2D eigenvalue weighted by Crippen LogP contribution is -2.37. The number of nitrogens with zero attached hydrogens (tertiary/aromatic N) is 2. The largest absolute Gasteiger partial charge is 0.387 e. The van der Waals surface area contributed by atoms with E-state index in [0.717, 1.165) is 62.0 Å².